The van der Waals surface area contributed by atoms with Crippen LogP contribution in [-0.4, -0.2) is 39.0 Å². The maximum Gasteiger partial charge on any atom is 0.284 e. The summed E-state index contributed by atoms with van der Waals surface area (Å²) in [5.41, 5.74) is 0.111. The van der Waals surface area contributed by atoms with Crippen LogP contribution >= 0.6 is 11.8 Å². The number of hydrogen-bond acceptors (Lipinski definition) is 8. The zero-order valence-corrected chi connectivity index (χ0v) is 17.6. The molecule has 2 aliphatic rings. The highest BCUT2D eigenvalue weighted by molar-refractivity contribution is 8.27. The molecule has 3 heterocycles. The first-order chi connectivity index (χ1) is 14.8. The van der Waals surface area contributed by atoms with Crippen LogP contribution in [-0.2, 0) is 4.79 Å². The summed E-state index contributed by atoms with van der Waals surface area (Å²) < 4.78 is 10.8. The summed E-state index contributed by atoms with van der Waals surface area (Å²) in [6, 6.07) is 7.56. The van der Waals surface area contributed by atoms with E-state index in [1.807, 2.05) is 13.8 Å². The number of thioether (sulfide) groups is 1. The highest BCUT2D eigenvalue weighted by Gasteiger charge is 2.36. The van der Waals surface area contributed by atoms with Gasteiger partial charge < -0.3 is 9.15 Å². The van der Waals surface area contributed by atoms with Crippen LogP contribution in [0.15, 0.2) is 50.4 Å². The predicted molar refractivity (Wildman–Crippen MR) is 117 cm³/mol. The van der Waals surface area contributed by atoms with Crippen LogP contribution in [0.3, 0.4) is 0 Å². The number of carbonyl (C=O) groups is 1. The molecule has 0 bridgehead atoms. The van der Waals surface area contributed by atoms with Crippen LogP contribution in [0.4, 0.5) is 5.69 Å². The molecule has 1 aromatic carbocycles. The number of amidine groups is 2. The largest absolute Gasteiger partial charge is 0.497 e. The normalized spacial score (nSPS) is 17.2. The second-order valence-electron chi connectivity index (χ2n) is 6.96. The Balaban J connectivity index is 1.68. The first kappa shape index (κ1) is 20.5. The number of nitrogens with one attached hydrogen (secondary N) is 1. The monoisotopic (exact) mass is 439 g/mol. The zero-order chi connectivity index (χ0) is 22.3. The average molecular weight is 439 g/mol. The van der Waals surface area contributed by atoms with Crippen molar-refractivity contribution in [2.45, 2.75) is 13.8 Å². The second kappa shape index (κ2) is 7.84. The van der Waals surface area contributed by atoms with Crippen molar-refractivity contribution in [2.24, 2.45) is 16.0 Å². The molecule has 1 N–H and O–H groups in total. The Morgan fingerprint density at radius 2 is 2.10 bits per heavy atom. The van der Waals surface area contributed by atoms with Gasteiger partial charge in [0.25, 0.3) is 11.6 Å². The van der Waals surface area contributed by atoms with Gasteiger partial charge in [0.2, 0.25) is 5.17 Å². The molecule has 0 atom stereocenters. The molecule has 0 fully saturated rings. The van der Waals surface area contributed by atoms with Gasteiger partial charge in [0.1, 0.15) is 22.3 Å². The summed E-state index contributed by atoms with van der Waals surface area (Å²) in [5, 5.41) is 26.6. The van der Waals surface area contributed by atoms with Crippen LogP contribution in [0.2, 0.25) is 0 Å². The van der Waals surface area contributed by atoms with Crippen LogP contribution < -0.4 is 4.74 Å². The Labute approximate surface area is 180 Å². The van der Waals surface area contributed by atoms with E-state index in [1.165, 1.54) is 42.1 Å². The van der Waals surface area contributed by atoms with Crippen molar-refractivity contribution < 1.29 is 18.9 Å². The first-order valence-corrected chi connectivity index (χ1v) is 10.0. The zero-order valence-electron chi connectivity index (χ0n) is 16.8. The smallest absolute Gasteiger partial charge is 0.284 e. The maximum atomic E-state index is 12.5. The number of rotatable bonds is 5. The van der Waals surface area contributed by atoms with E-state index in [2.05, 4.69) is 10.1 Å². The molecule has 0 saturated heterocycles. The lowest BCUT2D eigenvalue weighted by molar-refractivity contribution is -0.384. The van der Waals surface area contributed by atoms with Crippen molar-refractivity contribution in [3.8, 4) is 17.1 Å². The lowest BCUT2D eigenvalue weighted by atomic mass is 10.1. The van der Waals surface area contributed by atoms with Crippen molar-refractivity contribution >= 4 is 45.5 Å². The fraction of sp³-hybridized carbons (Fsp3) is 0.200. The number of nitro benzene ring substituents is 1. The standard InChI is InChI=1S/C20H17N5O5S/c1-10(2)19-23-24-17(21)14(18(26)22-20(24)31-19)8-12-5-7-16(30-12)13-6-4-11(29-3)9-15(13)25(27)28/h4-10,21H,1-3H3/b14-8-,21-17?. The highest BCUT2D eigenvalue weighted by Crippen LogP contribution is 2.35. The Morgan fingerprint density at radius 3 is 2.77 bits per heavy atom. The number of aliphatic imine (C=N–C) groups is 1. The van der Waals surface area contributed by atoms with Gasteiger partial charge in [-0.25, -0.2) is 0 Å². The fourth-order valence-corrected chi connectivity index (χ4v) is 3.85. The van der Waals surface area contributed by atoms with Crippen molar-refractivity contribution in [2.75, 3.05) is 7.11 Å². The van der Waals surface area contributed by atoms with E-state index in [0.717, 1.165) is 5.04 Å². The van der Waals surface area contributed by atoms with Crippen LogP contribution in [0.5, 0.6) is 5.75 Å². The van der Waals surface area contributed by atoms with Gasteiger partial charge in [0.15, 0.2) is 5.84 Å². The third kappa shape index (κ3) is 3.75. The van der Waals surface area contributed by atoms with Gasteiger partial charge in [-0.15, -0.1) is 0 Å². The molecular weight excluding hydrogens is 422 g/mol. The summed E-state index contributed by atoms with van der Waals surface area (Å²) in [6.07, 6.45) is 1.39. The van der Waals surface area contributed by atoms with Crippen LogP contribution in [0.25, 0.3) is 17.4 Å². The topological polar surface area (TPSA) is 134 Å². The lowest BCUT2D eigenvalue weighted by Crippen LogP contribution is -2.35. The number of methoxy groups -OCH3 is 1. The van der Waals surface area contributed by atoms with E-state index in [0.29, 0.717) is 10.9 Å². The van der Waals surface area contributed by atoms with Gasteiger partial charge >= 0.3 is 0 Å². The highest BCUT2D eigenvalue weighted by atomic mass is 32.2. The van der Waals surface area contributed by atoms with Gasteiger partial charge in [0, 0.05) is 5.92 Å². The molecule has 10 nitrogen and oxygen atoms in total. The summed E-state index contributed by atoms with van der Waals surface area (Å²) in [4.78, 5) is 27.4. The molecule has 1 amide bonds. The summed E-state index contributed by atoms with van der Waals surface area (Å²) in [5.74, 6) is 0.318. The molecule has 0 aliphatic carbocycles. The molecular formula is C20H17N5O5S. The number of amides is 1. The number of ether oxygens (including phenoxy) is 1. The third-order valence-electron chi connectivity index (χ3n) is 4.54. The number of nitro groups is 1. The van der Waals surface area contributed by atoms with Crippen LogP contribution in [0, 0.1) is 21.4 Å². The molecule has 0 unspecified atom stereocenters. The number of furan rings is 1. The number of hydrazone groups is 1. The Bertz CT molecular complexity index is 1210. The Kier molecular flexibility index (Phi) is 5.19. The van der Waals surface area contributed by atoms with Gasteiger partial charge in [-0.3, -0.25) is 20.3 Å². The van der Waals surface area contributed by atoms with E-state index in [9.17, 15) is 14.9 Å². The molecule has 1 aromatic heterocycles. The predicted octanol–water partition coefficient (Wildman–Crippen LogP) is 4.14. The van der Waals surface area contributed by atoms with E-state index < -0.39 is 10.8 Å². The van der Waals surface area contributed by atoms with Gasteiger partial charge in [-0.1, -0.05) is 13.8 Å². The minimum Gasteiger partial charge on any atom is -0.497 e. The third-order valence-corrected chi connectivity index (χ3v) is 5.75. The first-order valence-electron chi connectivity index (χ1n) is 9.21. The molecule has 158 valence electrons. The molecule has 11 heteroatoms. The molecule has 2 aliphatic heterocycles. The van der Waals surface area contributed by atoms with E-state index in [-0.39, 0.29) is 40.1 Å². The summed E-state index contributed by atoms with van der Waals surface area (Å²) >= 11 is 1.27. The quantitative estimate of drug-likeness (QED) is 0.420. The van der Waals surface area contributed by atoms with Crippen molar-refractivity contribution in [1.82, 2.24) is 5.01 Å². The van der Waals surface area contributed by atoms with Gasteiger partial charge in [0.05, 0.1) is 29.2 Å². The van der Waals surface area contributed by atoms with Crippen molar-refractivity contribution in [3.05, 3.63) is 51.8 Å². The number of fused-ring (bicyclic) bond motifs is 1. The average Bonchev–Trinajstić information content (AvgIpc) is 3.38. The summed E-state index contributed by atoms with van der Waals surface area (Å²) in [7, 11) is 1.42. The van der Waals surface area contributed by atoms with Crippen molar-refractivity contribution in [1.29, 1.82) is 5.41 Å². The minimum absolute atomic E-state index is 0.0169. The molecule has 0 spiro atoms. The van der Waals surface area contributed by atoms with Gasteiger partial charge in [-0.05, 0) is 42.1 Å². The number of benzene rings is 1. The molecule has 2 aromatic rings. The Hall–Kier alpha value is -3.73. The van der Waals surface area contributed by atoms with E-state index in [1.54, 1.807) is 18.2 Å². The lowest BCUT2D eigenvalue weighted by Gasteiger charge is -2.19. The molecule has 0 saturated carbocycles. The SMILES string of the molecule is COc1ccc(-c2ccc(/C=C3/C(=N)N4N=C(C(C)C)SC4=NC3=O)o2)c([N+](=O)[O-])c1. The molecule has 0 radical (unpaired) electrons. The van der Waals surface area contributed by atoms with E-state index >= 15 is 0 Å². The van der Waals surface area contributed by atoms with Crippen LogP contribution in [0.1, 0.15) is 19.6 Å². The molecule has 4 rings (SSSR count). The number of hydrogen-bond donors (Lipinski definition) is 1. The van der Waals surface area contributed by atoms with E-state index in [4.69, 9.17) is 14.6 Å². The number of nitrogens with zero attached hydrogens (tertiary/aromatic N) is 4. The maximum absolute atomic E-state index is 12.5. The minimum atomic E-state index is -0.572. The second-order valence-corrected chi connectivity index (χ2v) is 7.94. The summed E-state index contributed by atoms with van der Waals surface area (Å²) in [6.45, 7) is 3.94. The molecule has 31 heavy (non-hydrogen) atoms. The fourth-order valence-electron chi connectivity index (χ4n) is 2.96. The number of carbonyl (C=O) groups excluding carboxylic acids is 1. The Morgan fingerprint density at radius 1 is 1.32 bits per heavy atom. The van der Waals surface area contributed by atoms with Gasteiger partial charge in [-0.2, -0.15) is 15.1 Å². The van der Waals surface area contributed by atoms with Crippen molar-refractivity contribution in [3.63, 3.8) is 0 Å².